The van der Waals surface area contributed by atoms with E-state index >= 15 is 0 Å². The molecule has 100 valence electrons. The van der Waals surface area contributed by atoms with Crippen LogP contribution in [-0.2, 0) is 5.75 Å². The summed E-state index contributed by atoms with van der Waals surface area (Å²) < 4.78 is 1.14. The molecule has 0 N–H and O–H groups in total. The Morgan fingerprint density at radius 1 is 0.950 bits per heavy atom. The van der Waals surface area contributed by atoms with Crippen molar-refractivity contribution in [3.63, 3.8) is 0 Å². The van der Waals surface area contributed by atoms with E-state index in [0.717, 1.165) is 15.2 Å². The summed E-state index contributed by atoms with van der Waals surface area (Å²) in [4.78, 5) is 1.28. The van der Waals surface area contributed by atoms with Gasteiger partial charge < -0.3 is 0 Å². The second kappa shape index (κ2) is 6.21. The van der Waals surface area contributed by atoms with Crippen molar-refractivity contribution < 1.29 is 0 Å². The van der Waals surface area contributed by atoms with Gasteiger partial charge in [0.15, 0.2) is 0 Å². The second-order valence-electron chi connectivity index (χ2n) is 4.54. The molecule has 0 heterocycles. The molecular formula is C17H12BrClS. The topological polar surface area (TPSA) is 0 Å². The minimum atomic E-state index is 0.786. The molecule has 3 aromatic carbocycles. The number of benzene rings is 3. The largest absolute Gasteiger partial charge is 0.121 e. The second-order valence-corrected chi connectivity index (χ2v) is 6.88. The predicted octanol–water partition coefficient (Wildman–Crippen LogP) is 6.55. The lowest BCUT2D eigenvalue weighted by atomic mass is 10.1. The van der Waals surface area contributed by atoms with Crippen LogP contribution in [0.1, 0.15) is 5.56 Å². The third-order valence-corrected chi connectivity index (χ3v) is 5.13. The van der Waals surface area contributed by atoms with E-state index in [2.05, 4.69) is 64.5 Å². The SMILES string of the molecule is Clc1ccc(CSc2ccc3c(Br)cccc3c2)cc1. The molecule has 0 amide bonds. The Bertz CT molecular complexity index is 738. The lowest BCUT2D eigenvalue weighted by Crippen LogP contribution is -1.81. The van der Waals surface area contributed by atoms with Gasteiger partial charge in [0, 0.05) is 20.1 Å². The first-order valence-electron chi connectivity index (χ1n) is 6.28. The molecule has 0 unspecified atom stereocenters. The van der Waals surface area contributed by atoms with E-state index in [4.69, 9.17) is 11.6 Å². The molecule has 0 atom stereocenters. The zero-order valence-electron chi connectivity index (χ0n) is 10.6. The third kappa shape index (κ3) is 3.20. The van der Waals surface area contributed by atoms with Crippen LogP contribution in [0.3, 0.4) is 0 Å². The Hall–Kier alpha value is -0.960. The molecule has 3 aromatic rings. The Morgan fingerprint density at radius 2 is 1.75 bits per heavy atom. The molecule has 3 rings (SSSR count). The molecular weight excluding hydrogens is 352 g/mol. The molecule has 0 bridgehead atoms. The Kier molecular flexibility index (Phi) is 4.35. The van der Waals surface area contributed by atoms with Crippen LogP contribution in [0, 0.1) is 0 Å². The van der Waals surface area contributed by atoms with E-state index in [0.29, 0.717) is 0 Å². The van der Waals surface area contributed by atoms with Crippen molar-refractivity contribution in [3.8, 4) is 0 Å². The highest BCUT2D eigenvalue weighted by Gasteiger charge is 2.01. The first-order chi connectivity index (χ1) is 9.72. The summed E-state index contributed by atoms with van der Waals surface area (Å²) in [6.45, 7) is 0. The van der Waals surface area contributed by atoms with Crippen LogP contribution in [0.4, 0.5) is 0 Å². The van der Waals surface area contributed by atoms with E-state index < -0.39 is 0 Å². The highest BCUT2D eigenvalue weighted by atomic mass is 79.9. The standard InChI is InChI=1S/C17H12BrClS/c18-17-3-1-2-13-10-15(8-9-16(13)17)20-11-12-4-6-14(19)7-5-12/h1-10H,11H2. The smallest absolute Gasteiger partial charge is 0.0406 e. The Balaban J connectivity index is 1.79. The molecule has 0 radical (unpaired) electrons. The summed E-state index contributed by atoms with van der Waals surface area (Å²) >= 11 is 11.3. The zero-order valence-corrected chi connectivity index (χ0v) is 13.8. The summed E-state index contributed by atoms with van der Waals surface area (Å²) in [5.41, 5.74) is 1.29. The summed E-state index contributed by atoms with van der Waals surface area (Å²) in [5.74, 6) is 0.955. The van der Waals surface area contributed by atoms with Crippen molar-refractivity contribution in [3.05, 3.63) is 75.7 Å². The lowest BCUT2D eigenvalue weighted by molar-refractivity contribution is 1.39. The molecule has 0 aliphatic carbocycles. The average molecular weight is 364 g/mol. The van der Waals surface area contributed by atoms with Crippen LogP contribution >= 0.6 is 39.3 Å². The summed E-state index contributed by atoms with van der Waals surface area (Å²) in [5, 5.41) is 3.30. The number of halogens is 2. The van der Waals surface area contributed by atoms with E-state index in [-0.39, 0.29) is 0 Å². The van der Waals surface area contributed by atoms with Gasteiger partial charge in [0.2, 0.25) is 0 Å². The number of rotatable bonds is 3. The van der Waals surface area contributed by atoms with Gasteiger partial charge in [0.1, 0.15) is 0 Å². The monoisotopic (exact) mass is 362 g/mol. The molecule has 0 spiro atoms. The van der Waals surface area contributed by atoms with Crippen molar-refractivity contribution >= 4 is 50.1 Å². The Morgan fingerprint density at radius 3 is 2.55 bits per heavy atom. The van der Waals surface area contributed by atoms with Crippen LogP contribution < -0.4 is 0 Å². The molecule has 0 saturated carbocycles. The first kappa shape index (κ1) is 14.0. The van der Waals surface area contributed by atoms with Crippen LogP contribution in [0.5, 0.6) is 0 Å². The summed E-state index contributed by atoms with van der Waals surface area (Å²) in [6, 6.07) is 20.9. The van der Waals surface area contributed by atoms with Gasteiger partial charge in [-0.05, 0) is 46.7 Å². The maximum atomic E-state index is 5.90. The van der Waals surface area contributed by atoms with E-state index in [1.165, 1.54) is 21.2 Å². The van der Waals surface area contributed by atoms with Crippen molar-refractivity contribution in [2.24, 2.45) is 0 Å². The lowest BCUT2D eigenvalue weighted by Gasteiger charge is -2.05. The van der Waals surface area contributed by atoms with Gasteiger partial charge in [-0.2, -0.15) is 0 Å². The molecule has 3 heteroatoms. The van der Waals surface area contributed by atoms with Gasteiger partial charge in [-0.15, -0.1) is 11.8 Å². The molecule has 0 saturated heterocycles. The minimum Gasteiger partial charge on any atom is -0.121 e. The highest BCUT2D eigenvalue weighted by Crippen LogP contribution is 2.30. The van der Waals surface area contributed by atoms with Gasteiger partial charge in [-0.1, -0.05) is 57.9 Å². The van der Waals surface area contributed by atoms with Crippen molar-refractivity contribution in [2.45, 2.75) is 10.6 Å². The van der Waals surface area contributed by atoms with Gasteiger partial charge >= 0.3 is 0 Å². The highest BCUT2D eigenvalue weighted by molar-refractivity contribution is 9.10. The van der Waals surface area contributed by atoms with Gasteiger partial charge in [0.25, 0.3) is 0 Å². The number of hydrogen-bond acceptors (Lipinski definition) is 1. The van der Waals surface area contributed by atoms with Gasteiger partial charge in [-0.3, -0.25) is 0 Å². The normalized spacial score (nSPS) is 10.9. The van der Waals surface area contributed by atoms with Crippen molar-refractivity contribution in [1.82, 2.24) is 0 Å². The van der Waals surface area contributed by atoms with Crippen LogP contribution in [0.25, 0.3) is 10.8 Å². The molecule has 0 nitrogen and oxygen atoms in total. The fourth-order valence-corrected chi connectivity index (χ4v) is 3.60. The summed E-state index contributed by atoms with van der Waals surface area (Å²) in [7, 11) is 0. The van der Waals surface area contributed by atoms with Crippen LogP contribution in [-0.4, -0.2) is 0 Å². The third-order valence-electron chi connectivity index (χ3n) is 3.12. The van der Waals surface area contributed by atoms with Gasteiger partial charge in [0.05, 0.1) is 0 Å². The Labute approximate surface area is 136 Å². The zero-order chi connectivity index (χ0) is 13.9. The van der Waals surface area contributed by atoms with Gasteiger partial charge in [-0.25, -0.2) is 0 Å². The molecule has 0 aliphatic rings. The average Bonchev–Trinajstić information content (AvgIpc) is 2.47. The van der Waals surface area contributed by atoms with Crippen LogP contribution in [0.15, 0.2) is 70.0 Å². The number of hydrogen-bond donors (Lipinski definition) is 0. The fraction of sp³-hybridized carbons (Fsp3) is 0.0588. The fourth-order valence-electron chi connectivity index (χ4n) is 2.06. The maximum Gasteiger partial charge on any atom is 0.0406 e. The minimum absolute atomic E-state index is 0.786. The molecule has 0 fully saturated rings. The molecule has 0 aliphatic heterocycles. The van der Waals surface area contributed by atoms with E-state index in [9.17, 15) is 0 Å². The van der Waals surface area contributed by atoms with Crippen molar-refractivity contribution in [2.75, 3.05) is 0 Å². The van der Waals surface area contributed by atoms with Crippen molar-refractivity contribution in [1.29, 1.82) is 0 Å². The first-order valence-corrected chi connectivity index (χ1v) is 8.43. The quantitative estimate of drug-likeness (QED) is 0.475. The molecule has 0 aromatic heterocycles. The van der Waals surface area contributed by atoms with E-state index in [1.807, 2.05) is 23.9 Å². The number of fused-ring (bicyclic) bond motifs is 1. The number of thioether (sulfide) groups is 1. The van der Waals surface area contributed by atoms with Crippen LogP contribution in [0.2, 0.25) is 5.02 Å². The maximum absolute atomic E-state index is 5.90. The molecule has 20 heavy (non-hydrogen) atoms. The van der Waals surface area contributed by atoms with E-state index in [1.54, 1.807) is 0 Å². The summed E-state index contributed by atoms with van der Waals surface area (Å²) in [6.07, 6.45) is 0. The predicted molar refractivity (Wildman–Crippen MR) is 92.7 cm³/mol.